The first kappa shape index (κ1) is 10.2. The lowest BCUT2D eigenvalue weighted by atomic mass is 10.4. The Morgan fingerprint density at radius 3 is 2.00 bits per heavy atom. The molecule has 1 nitrogen and oxygen atoms in total. The van der Waals surface area contributed by atoms with Crippen molar-refractivity contribution >= 4 is 6.72 Å². The topological polar surface area (TPSA) is 12.4 Å². The van der Waals surface area contributed by atoms with Crippen LogP contribution in [0.4, 0.5) is 13.2 Å². The summed E-state index contributed by atoms with van der Waals surface area (Å²) < 4.78 is 35.4. The van der Waals surface area contributed by atoms with Gasteiger partial charge in [0.25, 0.3) is 0 Å². The Morgan fingerprint density at radius 1 is 1.45 bits per heavy atom. The van der Waals surface area contributed by atoms with Crippen LogP contribution in [0.25, 0.3) is 0 Å². The van der Waals surface area contributed by atoms with E-state index in [1.807, 2.05) is 0 Å². The molecule has 0 bridgehead atoms. The molecule has 0 aromatic heterocycles. The highest BCUT2D eigenvalue weighted by molar-refractivity contribution is 5.32. The number of hydrogen-bond acceptors (Lipinski definition) is 1. The zero-order valence-corrected chi connectivity index (χ0v) is 6.30. The quantitative estimate of drug-likeness (QED) is 0.459. The zero-order chi connectivity index (χ0) is 9.07. The molecule has 62 valence electrons. The Hall–Kier alpha value is -0.770. The molecule has 0 aromatic rings. The molecular formula is C6H6ClF3N+. The van der Waals surface area contributed by atoms with Gasteiger partial charge in [-0.2, -0.15) is 13.2 Å². The average Bonchev–Trinajstić information content (AvgIpc) is 1.79. The SMILES string of the molecule is C=N/C(=C\C(=C)[ClH+])C(F)(F)F. The minimum Gasteiger partial charge on any atom is -0.259 e. The van der Waals surface area contributed by atoms with Crippen LogP contribution in [0.2, 0.25) is 0 Å². The van der Waals surface area contributed by atoms with Gasteiger partial charge in [0.05, 0.1) is 0 Å². The Kier molecular flexibility index (Phi) is 3.32. The van der Waals surface area contributed by atoms with E-state index in [1.54, 1.807) is 0 Å². The summed E-state index contributed by atoms with van der Waals surface area (Å²) in [6.07, 6.45) is -3.84. The molecule has 11 heavy (non-hydrogen) atoms. The predicted octanol–water partition coefficient (Wildman–Crippen LogP) is 1.93. The van der Waals surface area contributed by atoms with Gasteiger partial charge >= 0.3 is 6.18 Å². The maximum absolute atomic E-state index is 11.8. The highest BCUT2D eigenvalue weighted by atomic mass is 35.5. The lowest BCUT2D eigenvalue weighted by Gasteiger charge is -2.03. The fraction of sp³-hybridized carbons (Fsp3) is 0.167. The summed E-state index contributed by atoms with van der Waals surface area (Å²) in [6.45, 7) is 5.86. The Balaban J connectivity index is 4.68. The molecule has 0 aliphatic rings. The van der Waals surface area contributed by atoms with Crippen molar-refractivity contribution in [3.63, 3.8) is 0 Å². The first-order valence-corrected chi connectivity index (χ1v) is 2.90. The minimum atomic E-state index is -4.50. The summed E-state index contributed by atoms with van der Waals surface area (Å²) in [4.78, 5) is 2.76. The Bertz CT molecular complexity index is 204. The molecule has 0 aliphatic heterocycles. The molecule has 0 unspecified atom stereocenters. The van der Waals surface area contributed by atoms with Gasteiger partial charge in [-0.1, -0.05) is 0 Å². The van der Waals surface area contributed by atoms with Crippen molar-refractivity contribution < 1.29 is 24.8 Å². The van der Waals surface area contributed by atoms with Crippen molar-refractivity contribution in [1.29, 1.82) is 0 Å². The van der Waals surface area contributed by atoms with E-state index in [2.05, 4.69) is 29.9 Å². The van der Waals surface area contributed by atoms with Crippen molar-refractivity contribution in [3.05, 3.63) is 23.4 Å². The van der Waals surface area contributed by atoms with Crippen molar-refractivity contribution in [2.24, 2.45) is 4.99 Å². The van der Waals surface area contributed by atoms with Crippen LogP contribution in [0.15, 0.2) is 28.4 Å². The van der Waals surface area contributed by atoms with E-state index in [4.69, 9.17) is 0 Å². The number of halogens is 4. The second-order valence-corrected chi connectivity index (χ2v) is 2.18. The maximum Gasteiger partial charge on any atom is 0.433 e. The number of nitrogens with zero attached hydrogens (tertiary/aromatic N) is 1. The van der Waals surface area contributed by atoms with Crippen LogP contribution in [-0.2, 0) is 0 Å². The maximum atomic E-state index is 11.8. The van der Waals surface area contributed by atoms with Gasteiger partial charge in [0.2, 0.25) is 5.03 Å². The normalized spacial score (nSPS) is 12.9. The average molecular weight is 185 g/mol. The first-order chi connectivity index (χ1) is 4.88. The van der Waals surface area contributed by atoms with Gasteiger partial charge in [0, 0.05) is 6.08 Å². The van der Waals surface area contributed by atoms with Gasteiger partial charge in [-0.3, -0.25) is 4.99 Å². The molecule has 0 atom stereocenters. The van der Waals surface area contributed by atoms with Crippen molar-refractivity contribution in [2.75, 3.05) is 0 Å². The molecular weight excluding hydrogens is 179 g/mol. The van der Waals surface area contributed by atoms with E-state index < -0.39 is 11.9 Å². The molecule has 0 amide bonds. The standard InChI is InChI=1S/C6H6ClF3N/c1-4(7)3-5(11-2)6(8,9)10/h3,7H,1-2H2/q+1/b5-3-. The molecule has 5 heteroatoms. The minimum absolute atomic E-state index is 0.121. The number of aliphatic imine (C=N–C) groups is 1. The highest BCUT2D eigenvalue weighted by Gasteiger charge is 2.33. The van der Waals surface area contributed by atoms with E-state index in [0.29, 0.717) is 6.08 Å². The second-order valence-electron chi connectivity index (χ2n) is 1.65. The number of allylic oxidation sites excluding steroid dienone is 3. The second kappa shape index (κ2) is 3.57. The van der Waals surface area contributed by atoms with E-state index in [1.165, 1.54) is 0 Å². The lowest BCUT2D eigenvalue weighted by molar-refractivity contribution is -0.294. The number of rotatable bonds is 2. The van der Waals surface area contributed by atoms with Crippen LogP contribution in [0, 0.1) is 11.6 Å². The molecule has 0 radical (unpaired) electrons. The van der Waals surface area contributed by atoms with Crippen LogP contribution >= 0.6 is 0 Å². The van der Waals surface area contributed by atoms with Crippen LogP contribution in [0.1, 0.15) is 0 Å². The van der Waals surface area contributed by atoms with Crippen LogP contribution in [0.3, 0.4) is 0 Å². The van der Waals surface area contributed by atoms with Gasteiger partial charge < -0.3 is 0 Å². The van der Waals surface area contributed by atoms with Crippen LogP contribution < -0.4 is 0 Å². The third-order valence-electron chi connectivity index (χ3n) is 0.758. The van der Waals surface area contributed by atoms with Crippen molar-refractivity contribution in [1.82, 2.24) is 0 Å². The molecule has 0 aromatic carbocycles. The summed E-state index contributed by atoms with van der Waals surface area (Å²) in [5.74, 6) is 0. The fourth-order valence-electron chi connectivity index (χ4n) is 0.370. The van der Waals surface area contributed by atoms with E-state index in [0.717, 1.165) is 0 Å². The van der Waals surface area contributed by atoms with Gasteiger partial charge in [-0.15, -0.1) is 0 Å². The molecule has 0 heterocycles. The van der Waals surface area contributed by atoms with Crippen LogP contribution in [0.5, 0.6) is 0 Å². The number of hydrogen-bond donors (Lipinski definition) is 0. The van der Waals surface area contributed by atoms with Gasteiger partial charge in [-0.05, 0) is 13.3 Å². The molecule has 0 rings (SSSR count). The summed E-state index contributed by atoms with van der Waals surface area (Å²) in [6, 6.07) is 0. The molecule has 0 saturated carbocycles. The summed E-state index contributed by atoms with van der Waals surface area (Å²) >= 11 is 4.33. The molecule has 0 N–H and O–H groups in total. The van der Waals surface area contributed by atoms with E-state index >= 15 is 0 Å². The van der Waals surface area contributed by atoms with Gasteiger partial charge in [0.15, 0.2) is 11.6 Å². The van der Waals surface area contributed by atoms with E-state index in [-0.39, 0.29) is 5.03 Å². The third kappa shape index (κ3) is 3.83. The number of alkyl halides is 3. The fourth-order valence-corrected chi connectivity index (χ4v) is 0.481. The van der Waals surface area contributed by atoms with E-state index in [9.17, 15) is 13.2 Å². The molecule has 0 saturated heterocycles. The van der Waals surface area contributed by atoms with Gasteiger partial charge in [0.1, 0.15) is 5.70 Å². The summed E-state index contributed by atoms with van der Waals surface area (Å²) in [5.41, 5.74) is -1.11. The third-order valence-corrected chi connectivity index (χ3v) is 0.876. The largest absolute Gasteiger partial charge is 0.433 e. The monoisotopic (exact) mass is 184 g/mol. The highest BCUT2D eigenvalue weighted by Crippen LogP contribution is 2.26. The van der Waals surface area contributed by atoms with Crippen molar-refractivity contribution in [3.8, 4) is 0 Å². The Labute approximate surface area is 66.9 Å². The van der Waals surface area contributed by atoms with Crippen molar-refractivity contribution in [2.45, 2.75) is 6.18 Å². The molecule has 0 spiro atoms. The smallest absolute Gasteiger partial charge is 0.259 e. The summed E-state index contributed by atoms with van der Waals surface area (Å²) in [5, 5.41) is -0.121. The van der Waals surface area contributed by atoms with Gasteiger partial charge in [-0.25, -0.2) is 0 Å². The summed E-state index contributed by atoms with van der Waals surface area (Å²) in [7, 11) is 0. The zero-order valence-electron chi connectivity index (χ0n) is 5.48. The van der Waals surface area contributed by atoms with Crippen LogP contribution in [-0.4, -0.2) is 12.9 Å². The predicted molar refractivity (Wildman–Crippen MR) is 34.2 cm³/mol. The lowest BCUT2D eigenvalue weighted by Crippen LogP contribution is -2.09. The first-order valence-electron chi connectivity index (χ1n) is 2.49. The Morgan fingerprint density at radius 2 is 1.91 bits per heavy atom. The molecule has 0 aliphatic carbocycles. The molecule has 0 fully saturated rings.